The molecule has 0 spiro atoms. The van der Waals surface area contributed by atoms with Gasteiger partial charge in [-0.05, 0) is 17.7 Å². The van der Waals surface area contributed by atoms with Gasteiger partial charge in [-0.15, -0.1) is 0 Å². The summed E-state index contributed by atoms with van der Waals surface area (Å²) in [5.41, 5.74) is -2.00. The van der Waals surface area contributed by atoms with Crippen LogP contribution >= 0.6 is 0 Å². The van der Waals surface area contributed by atoms with Crippen LogP contribution in [0.3, 0.4) is 0 Å². The summed E-state index contributed by atoms with van der Waals surface area (Å²) in [7, 11) is 0. The van der Waals surface area contributed by atoms with Gasteiger partial charge in [-0.1, -0.05) is 12.1 Å². The molecule has 0 saturated heterocycles. The summed E-state index contributed by atoms with van der Waals surface area (Å²) < 4.78 is 60.4. The average Bonchev–Trinajstić information content (AvgIpc) is 2.07. The average molecular weight is 207 g/mol. The highest BCUT2D eigenvalue weighted by Crippen LogP contribution is 2.33. The maximum atomic E-state index is 12.3. The van der Waals surface area contributed by atoms with Gasteiger partial charge < -0.3 is 0 Å². The van der Waals surface area contributed by atoms with Crippen molar-refractivity contribution in [3.05, 3.63) is 42.0 Å². The third-order valence-corrected chi connectivity index (χ3v) is 1.51. The standard InChI is InChI=1S/C9H4F5/c10-5-8(9(12,13)14)6-1-3-7(11)4-2-6/h1-4H. The summed E-state index contributed by atoms with van der Waals surface area (Å²) in [5.74, 6) is -0.686. The molecule has 0 aromatic heterocycles. The number of benzene rings is 1. The zero-order valence-corrected chi connectivity index (χ0v) is 6.70. The maximum Gasteiger partial charge on any atom is 0.419 e. The predicted octanol–water partition coefficient (Wildman–Crippen LogP) is 3.50. The lowest BCUT2D eigenvalue weighted by Gasteiger charge is -2.08. The molecule has 0 saturated carbocycles. The lowest BCUT2D eigenvalue weighted by Crippen LogP contribution is -2.10. The van der Waals surface area contributed by atoms with Gasteiger partial charge in [-0.2, -0.15) is 13.2 Å². The Bertz CT molecular complexity index is 333. The molecule has 0 aliphatic rings. The molecular formula is C9H4F5. The Kier molecular flexibility index (Phi) is 2.88. The highest BCUT2D eigenvalue weighted by Gasteiger charge is 2.35. The van der Waals surface area contributed by atoms with Crippen LogP contribution in [0.2, 0.25) is 0 Å². The Morgan fingerprint density at radius 2 is 1.57 bits per heavy atom. The Morgan fingerprint density at radius 1 is 1.07 bits per heavy atom. The van der Waals surface area contributed by atoms with Crippen LogP contribution in [-0.4, -0.2) is 6.18 Å². The van der Waals surface area contributed by atoms with Crippen LogP contribution in [0.25, 0.3) is 5.57 Å². The van der Waals surface area contributed by atoms with E-state index in [1.54, 1.807) is 0 Å². The molecule has 0 aliphatic heterocycles. The summed E-state index contributed by atoms with van der Waals surface area (Å²) in [6.07, 6.45) is -4.28. The van der Waals surface area contributed by atoms with Crippen molar-refractivity contribution in [2.45, 2.75) is 6.18 Å². The fourth-order valence-electron chi connectivity index (χ4n) is 0.888. The molecule has 0 bridgehead atoms. The first-order valence-corrected chi connectivity index (χ1v) is 3.52. The van der Waals surface area contributed by atoms with Gasteiger partial charge in [0, 0.05) is 0 Å². The first-order chi connectivity index (χ1) is 6.45. The van der Waals surface area contributed by atoms with Gasteiger partial charge in [0.05, 0.1) is 0 Å². The van der Waals surface area contributed by atoms with Gasteiger partial charge in [-0.25, -0.2) is 8.78 Å². The molecule has 0 unspecified atom stereocenters. The van der Waals surface area contributed by atoms with E-state index in [2.05, 4.69) is 0 Å². The Labute approximate surface area is 76.7 Å². The predicted molar refractivity (Wildman–Crippen MR) is 40.2 cm³/mol. The number of hydrogen-bond donors (Lipinski definition) is 0. The highest BCUT2D eigenvalue weighted by atomic mass is 19.4. The van der Waals surface area contributed by atoms with E-state index in [1.165, 1.54) is 0 Å². The van der Waals surface area contributed by atoms with Crippen LogP contribution < -0.4 is 0 Å². The Balaban J connectivity index is 3.10. The minimum atomic E-state index is -4.83. The molecule has 1 radical (unpaired) electrons. The smallest absolute Gasteiger partial charge is 0.207 e. The van der Waals surface area contributed by atoms with Crippen molar-refractivity contribution < 1.29 is 22.0 Å². The van der Waals surface area contributed by atoms with Crippen LogP contribution in [0, 0.1) is 12.1 Å². The minimum absolute atomic E-state index is 0.457. The van der Waals surface area contributed by atoms with Crippen LogP contribution in [0.5, 0.6) is 0 Å². The van der Waals surface area contributed by atoms with E-state index < -0.39 is 23.1 Å². The van der Waals surface area contributed by atoms with Crippen molar-refractivity contribution in [2.24, 2.45) is 0 Å². The molecule has 5 heteroatoms. The van der Waals surface area contributed by atoms with Crippen LogP contribution in [0.15, 0.2) is 24.3 Å². The second-order valence-corrected chi connectivity index (χ2v) is 2.47. The number of alkyl halides is 3. The van der Waals surface area contributed by atoms with Crippen LogP contribution in [-0.2, 0) is 0 Å². The van der Waals surface area contributed by atoms with Crippen molar-refractivity contribution in [1.29, 1.82) is 0 Å². The molecule has 0 fully saturated rings. The summed E-state index contributed by atoms with van der Waals surface area (Å²) in [4.78, 5) is 0. The van der Waals surface area contributed by atoms with Gasteiger partial charge >= 0.3 is 6.18 Å². The van der Waals surface area contributed by atoms with E-state index in [1.807, 2.05) is 0 Å². The molecular weight excluding hydrogens is 203 g/mol. The normalized spacial score (nSPS) is 13.1. The number of allylic oxidation sites excluding steroid dienone is 1. The SMILES string of the molecule is F/[C]=C(\c1ccc(F)cc1)C(F)(F)F. The third-order valence-electron chi connectivity index (χ3n) is 1.51. The zero-order valence-electron chi connectivity index (χ0n) is 6.70. The fraction of sp³-hybridized carbons (Fsp3) is 0.111. The van der Waals surface area contributed by atoms with Crippen LogP contribution in [0.1, 0.15) is 5.56 Å². The van der Waals surface area contributed by atoms with Gasteiger partial charge in [0.15, 0.2) is 6.33 Å². The molecule has 0 aliphatic carbocycles. The second kappa shape index (κ2) is 3.77. The fourth-order valence-corrected chi connectivity index (χ4v) is 0.888. The van der Waals surface area contributed by atoms with E-state index in [-0.39, 0.29) is 0 Å². The molecule has 0 atom stereocenters. The molecule has 75 valence electrons. The van der Waals surface area contributed by atoms with E-state index in [0.717, 1.165) is 24.3 Å². The first-order valence-electron chi connectivity index (χ1n) is 3.52. The van der Waals surface area contributed by atoms with Crippen molar-refractivity contribution >= 4 is 5.57 Å². The second-order valence-electron chi connectivity index (χ2n) is 2.47. The van der Waals surface area contributed by atoms with E-state index >= 15 is 0 Å². The van der Waals surface area contributed by atoms with Crippen molar-refractivity contribution in [1.82, 2.24) is 0 Å². The topological polar surface area (TPSA) is 0 Å². The lowest BCUT2D eigenvalue weighted by atomic mass is 10.1. The quantitative estimate of drug-likeness (QED) is 0.618. The molecule has 1 aromatic carbocycles. The zero-order chi connectivity index (χ0) is 10.8. The third kappa shape index (κ3) is 2.31. The summed E-state index contributed by atoms with van der Waals surface area (Å²) in [6, 6.07) is 3.31. The van der Waals surface area contributed by atoms with E-state index in [0.29, 0.717) is 6.33 Å². The van der Waals surface area contributed by atoms with Gasteiger partial charge in [-0.3, -0.25) is 0 Å². The highest BCUT2D eigenvalue weighted by molar-refractivity contribution is 5.66. The summed E-state index contributed by atoms with van der Waals surface area (Å²) in [5, 5.41) is 0. The lowest BCUT2D eigenvalue weighted by molar-refractivity contribution is -0.0699. The monoisotopic (exact) mass is 207 g/mol. The van der Waals surface area contributed by atoms with Crippen molar-refractivity contribution in [3.63, 3.8) is 0 Å². The molecule has 0 amide bonds. The van der Waals surface area contributed by atoms with Gasteiger partial charge in [0.1, 0.15) is 11.4 Å². The molecule has 0 N–H and O–H groups in total. The van der Waals surface area contributed by atoms with Crippen molar-refractivity contribution in [3.8, 4) is 0 Å². The first kappa shape index (κ1) is 10.7. The van der Waals surface area contributed by atoms with E-state index in [9.17, 15) is 22.0 Å². The molecule has 0 heterocycles. The number of hydrogen-bond acceptors (Lipinski definition) is 0. The maximum absolute atomic E-state index is 12.3. The van der Waals surface area contributed by atoms with E-state index in [4.69, 9.17) is 0 Å². The number of halogens is 5. The summed E-state index contributed by atoms with van der Waals surface area (Å²) >= 11 is 0. The molecule has 0 nitrogen and oxygen atoms in total. The van der Waals surface area contributed by atoms with Crippen molar-refractivity contribution in [2.75, 3.05) is 0 Å². The van der Waals surface area contributed by atoms with Gasteiger partial charge in [0.25, 0.3) is 0 Å². The largest absolute Gasteiger partial charge is 0.419 e. The minimum Gasteiger partial charge on any atom is -0.207 e. The summed E-state index contributed by atoms with van der Waals surface area (Å²) in [6.45, 7) is 0. The number of rotatable bonds is 1. The molecule has 1 rings (SSSR count). The molecule has 14 heavy (non-hydrogen) atoms. The molecule has 1 aromatic rings. The Hall–Kier alpha value is -1.39. The van der Waals surface area contributed by atoms with Gasteiger partial charge in [0.2, 0.25) is 0 Å². The van der Waals surface area contributed by atoms with Crippen LogP contribution in [0.4, 0.5) is 22.0 Å². The Morgan fingerprint density at radius 3 is 1.93 bits per heavy atom.